The van der Waals surface area contributed by atoms with Crippen LogP contribution in [0.3, 0.4) is 0 Å². The van der Waals surface area contributed by atoms with E-state index in [4.69, 9.17) is 4.74 Å². The Hall–Kier alpha value is -2.18. The minimum absolute atomic E-state index is 0.264. The second-order valence-electron chi connectivity index (χ2n) is 6.25. The number of ether oxygens (including phenoxy) is 1. The van der Waals surface area contributed by atoms with Crippen LogP contribution in [0.2, 0.25) is 0 Å². The quantitative estimate of drug-likeness (QED) is 0.839. The second-order valence-corrected chi connectivity index (χ2v) is 6.25. The minimum atomic E-state index is -0.951. The number of hydrogen-bond donors (Lipinski definition) is 2. The van der Waals surface area contributed by atoms with Crippen molar-refractivity contribution in [3.8, 4) is 11.5 Å². The van der Waals surface area contributed by atoms with Gasteiger partial charge in [0.25, 0.3) is 0 Å². The zero-order chi connectivity index (χ0) is 16.8. The van der Waals surface area contributed by atoms with Gasteiger partial charge in [0, 0.05) is 12.1 Å². The maximum Gasteiger partial charge on any atom is 0.154 e. The zero-order valence-corrected chi connectivity index (χ0v) is 12.8. The van der Waals surface area contributed by atoms with Crippen LogP contribution in [-0.2, 0) is 0 Å². The van der Waals surface area contributed by atoms with Gasteiger partial charge in [-0.05, 0) is 43.5 Å². The minimum Gasteiger partial charge on any atom is -0.453 e. The van der Waals surface area contributed by atoms with Gasteiger partial charge >= 0.3 is 0 Å². The number of fused-ring (bicyclic) bond motifs is 2. The summed E-state index contributed by atoms with van der Waals surface area (Å²) in [5.74, 6) is -0.392. The van der Waals surface area contributed by atoms with Crippen molar-refractivity contribution in [2.45, 2.75) is 37.5 Å². The van der Waals surface area contributed by atoms with E-state index in [0.717, 1.165) is 6.42 Å². The van der Waals surface area contributed by atoms with E-state index in [9.17, 15) is 19.0 Å². The van der Waals surface area contributed by atoms with Gasteiger partial charge in [-0.2, -0.15) is 0 Å². The standard InChI is InChI=1S/C18H17F2NO3/c19-10-4-6-12-16(8-10)24-17-9-11(20)5-7-13(17)21(12)14-2-1-3-15(22)18(14)23/h4-9,14-15,18,22-23H,1-3H2/t14-,15-,18+/m1/s1. The molecule has 0 amide bonds. The Kier molecular flexibility index (Phi) is 3.66. The van der Waals surface area contributed by atoms with Gasteiger partial charge in [0.2, 0.25) is 0 Å². The van der Waals surface area contributed by atoms with E-state index in [1.165, 1.54) is 24.3 Å². The van der Waals surface area contributed by atoms with Crippen molar-refractivity contribution in [2.24, 2.45) is 0 Å². The molecule has 24 heavy (non-hydrogen) atoms. The predicted octanol–water partition coefficient (Wildman–Crippen LogP) is 3.48. The first kappa shape index (κ1) is 15.4. The third-order valence-electron chi connectivity index (χ3n) is 4.70. The van der Waals surface area contributed by atoms with Crippen LogP contribution < -0.4 is 9.64 Å². The maximum atomic E-state index is 13.6. The Morgan fingerprint density at radius 2 is 1.50 bits per heavy atom. The first-order valence-corrected chi connectivity index (χ1v) is 7.97. The number of nitrogens with zero attached hydrogens (tertiary/aromatic N) is 1. The largest absolute Gasteiger partial charge is 0.453 e. The molecule has 3 atom stereocenters. The number of hydrogen-bond acceptors (Lipinski definition) is 4. The maximum absolute atomic E-state index is 13.6. The van der Waals surface area contributed by atoms with E-state index >= 15 is 0 Å². The molecular weight excluding hydrogens is 316 g/mol. The van der Waals surface area contributed by atoms with Gasteiger partial charge in [-0.3, -0.25) is 0 Å². The van der Waals surface area contributed by atoms with E-state index in [2.05, 4.69) is 0 Å². The summed E-state index contributed by atoms with van der Waals surface area (Å²) in [6.07, 6.45) is 0.181. The lowest BCUT2D eigenvalue weighted by atomic mass is 9.88. The van der Waals surface area contributed by atoms with Crippen molar-refractivity contribution in [2.75, 3.05) is 4.90 Å². The molecule has 1 saturated carbocycles. The van der Waals surface area contributed by atoms with Gasteiger partial charge in [0.05, 0.1) is 23.5 Å². The molecule has 0 spiro atoms. The number of rotatable bonds is 1. The SMILES string of the molecule is O[C@@H]1[C@H](O)CCC[C@H]1N1c2ccc(F)cc2Oc2cc(F)ccc21. The molecule has 0 saturated heterocycles. The van der Waals surface area contributed by atoms with E-state index in [0.29, 0.717) is 24.2 Å². The first-order valence-electron chi connectivity index (χ1n) is 7.97. The Labute approximate surface area is 137 Å². The smallest absolute Gasteiger partial charge is 0.154 e. The van der Waals surface area contributed by atoms with Gasteiger partial charge < -0.3 is 19.8 Å². The van der Waals surface area contributed by atoms with Gasteiger partial charge in [-0.15, -0.1) is 0 Å². The van der Waals surface area contributed by atoms with Crippen molar-refractivity contribution in [1.29, 1.82) is 0 Å². The molecular formula is C18H17F2NO3. The number of aliphatic hydroxyl groups excluding tert-OH is 2. The average Bonchev–Trinajstić information content (AvgIpc) is 2.55. The lowest BCUT2D eigenvalue weighted by Crippen LogP contribution is -2.50. The van der Waals surface area contributed by atoms with Crippen molar-refractivity contribution in [3.05, 3.63) is 48.0 Å². The fourth-order valence-corrected chi connectivity index (χ4v) is 3.56. The van der Waals surface area contributed by atoms with Crippen LogP contribution in [0.15, 0.2) is 36.4 Å². The van der Waals surface area contributed by atoms with Crippen LogP contribution in [0.4, 0.5) is 20.2 Å². The summed E-state index contributed by atoms with van der Waals surface area (Å²) in [6, 6.07) is 7.86. The molecule has 4 nitrogen and oxygen atoms in total. The summed E-state index contributed by atoms with van der Waals surface area (Å²) in [5, 5.41) is 20.5. The van der Waals surface area contributed by atoms with Crippen LogP contribution in [-0.4, -0.2) is 28.5 Å². The van der Waals surface area contributed by atoms with Gasteiger partial charge in [0.15, 0.2) is 11.5 Å². The van der Waals surface area contributed by atoms with Crippen LogP contribution in [0.1, 0.15) is 19.3 Å². The summed E-state index contributed by atoms with van der Waals surface area (Å²) >= 11 is 0. The second kappa shape index (κ2) is 5.72. The summed E-state index contributed by atoms with van der Waals surface area (Å²) in [7, 11) is 0. The van der Waals surface area contributed by atoms with Crippen molar-refractivity contribution < 1.29 is 23.7 Å². The molecule has 2 aliphatic rings. The molecule has 1 heterocycles. The zero-order valence-electron chi connectivity index (χ0n) is 12.8. The predicted molar refractivity (Wildman–Crippen MR) is 84.7 cm³/mol. The molecule has 0 unspecified atom stereocenters. The molecule has 2 aromatic carbocycles. The molecule has 2 N–H and O–H groups in total. The highest BCUT2D eigenvalue weighted by Gasteiger charge is 2.39. The highest BCUT2D eigenvalue weighted by molar-refractivity contribution is 5.78. The van der Waals surface area contributed by atoms with Crippen molar-refractivity contribution in [1.82, 2.24) is 0 Å². The lowest BCUT2D eigenvalue weighted by molar-refractivity contribution is -0.0206. The molecule has 0 radical (unpaired) electrons. The molecule has 4 rings (SSSR count). The summed E-state index contributed by atoms with van der Waals surface area (Å²) < 4.78 is 32.8. The number of halogens is 2. The molecule has 0 bridgehead atoms. The normalized spacial score (nSPS) is 25.7. The van der Waals surface area contributed by atoms with Crippen LogP contribution in [0.5, 0.6) is 11.5 Å². The van der Waals surface area contributed by atoms with Crippen LogP contribution in [0.25, 0.3) is 0 Å². The first-order chi connectivity index (χ1) is 11.5. The third-order valence-corrected chi connectivity index (χ3v) is 4.70. The monoisotopic (exact) mass is 333 g/mol. The lowest BCUT2D eigenvalue weighted by Gasteiger charge is -2.43. The number of anilines is 2. The van der Waals surface area contributed by atoms with Gasteiger partial charge in [0.1, 0.15) is 17.7 Å². The Bertz CT molecular complexity index is 731. The third kappa shape index (κ3) is 2.42. The Morgan fingerprint density at radius 3 is 2.08 bits per heavy atom. The van der Waals surface area contributed by atoms with Crippen molar-refractivity contribution in [3.63, 3.8) is 0 Å². The fraction of sp³-hybridized carbons (Fsp3) is 0.333. The Morgan fingerprint density at radius 1 is 0.917 bits per heavy atom. The average molecular weight is 333 g/mol. The van der Waals surface area contributed by atoms with Gasteiger partial charge in [-0.1, -0.05) is 0 Å². The highest BCUT2D eigenvalue weighted by Crippen LogP contribution is 2.49. The molecule has 0 aromatic heterocycles. The topological polar surface area (TPSA) is 52.9 Å². The van der Waals surface area contributed by atoms with Crippen LogP contribution in [0, 0.1) is 11.6 Å². The number of aliphatic hydroxyl groups is 2. The summed E-state index contributed by atoms with van der Waals surface area (Å²) in [4.78, 5) is 1.82. The summed E-state index contributed by atoms with van der Waals surface area (Å²) in [5.41, 5.74) is 1.18. The molecule has 126 valence electrons. The van der Waals surface area contributed by atoms with Gasteiger partial charge in [-0.25, -0.2) is 8.78 Å². The molecule has 1 aliphatic heterocycles. The summed E-state index contributed by atoms with van der Waals surface area (Å²) in [6.45, 7) is 0. The molecule has 1 fully saturated rings. The molecule has 2 aromatic rings. The number of benzene rings is 2. The van der Waals surface area contributed by atoms with E-state index in [1.54, 1.807) is 12.1 Å². The molecule has 6 heteroatoms. The highest BCUT2D eigenvalue weighted by atomic mass is 19.1. The van der Waals surface area contributed by atoms with Crippen LogP contribution >= 0.6 is 0 Å². The van der Waals surface area contributed by atoms with E-state index in [1.807, 2.05) is 4.90 Å². The van der Waals surface area contributed by atoms with E-state index < -0.39 is 29.9 Å². The van der Waals surface area contributed by atoms with E-state index in [-0.39, 0.29) is 11.5 Å². The Balaban J connectivity index is 1.86. The fourth-order valence-electron chi connectivity index (χ4n) is 3.56. The van der Waals surface area contributed by atoms with Crippen molar-refractivity contribution >= 4 is 11.4 Å². The molecule has 1 aliphatic carbocycles.